The van der Waals surface area contributed by atoms with Crippen molar-refractivity contribution in [2.24, 2.45) is 0 Å². The van der Waals surface area contributed by atoms with Gasteiger partial charge in [0.1, 0.15) is 0 Å². The van der Waals surface area contributed by atoms with Gasteiger partial charge in [-0.05, 0) is 48.0 Å². The highest BCUT2D eigenvalue weighted by Gasteiger charge is 2.26. The molecule has 0 radical (unpaired) electrons. The quantitative estimate of drug-likeness (QED) is 0.541. The Bertz CT molecular complexity index is 1380. The molecule has 1 N–H and O–H groups in total. The molecule has 3 aromatic rings. The third kappa shape index (κ3) is 5.33. The maximum atomic E-state index is 12.8. The molecule has 1 saturated heterocycles. The summed E-state index contributed by atoms with van der Waals surface area (Å²) in [5, 5.41) is 0. The summed E-state index contributed by atoms with van der Waals surface area (Å²) in [4.78, 5) is 11.8. The van der Waals surface area contributed by atoms with Gasteiger partial charge in [-0.3, -0.25) is 9.52 Å². The number of hydrogen-bond donors (Lipinski definition) is 1. The van der Waals surface area contributed by atoms with Crippen LogP contribution in [0.4, 0.5) is 5.69 Å². The Hall–Kier alpha value is -2.99. The first-order valence-corrected chi connectivity index (χ1v) is 13.1. The maximum absolute atomic E-state index is 12.8. The normalized spacial score (nSPS) is 15.3. The van der Waals surface area contributed by atoms with E-state index in [9.17, 15) is 21.6 Å². The molecule has 4 rings (SSSR count). The van der Waals surface area contributed by atoms with E-state index in [1.807, 2.05) is 0 Å². The molecule has 0 saturated carbocycles. The van der Waals surface area contributed by atoms with Crippen LogP contribution in [-0.2, 0) is 31.3 Å². The average molecular weight is 490 g/mol. The van der Waals surface area contributed by atoms with Crippen molar-refractivity contribution in [3.8, 4) is 0 Å². The van der Waals surface area contributed by atoms with Crippen molar-refractivity contribution in [3.05, 3.63) is 88.8 Å². The SMILES string of the molecule is O=c1ccccn1Cc1ccc(NS(=O)(=O)c2ccc(S(=O)(=O)N3CCOCC3)cc2)cc1. The first kappa shape index (κ1) is 23.2. The summed E-state index contributed by atoms with van der Waals surface area (Å²) in [6.07, 6.45) is 1.68. The lowest BCUT2D eigenvalue weighted by molar-refractivity contribution is 0.0730. The van der Waals surface area contributed by atoms with Crippen molar-refractivity contribution in [1.29, 1.82) is 0 Å². The zero-order chi connectivity index (χ0) is 23.5. The standard InChI is InChI=1S/C22H23N3O6S2/c26-22-3-1-2-12-24(22)17-18-4-6-19(7-5-18)23-32(27,28)20-8-10-21(11-9-20)33(29,30)25-13-15-31-16-14-25/h1-12,23H,13-17H2. The Kier molecular flexibility index (Phi) is 6.66. The molecule has 0 aliphatic carbocycles. The zero-order valence-electron chi connectivity index (χ0n) is 17.6. The molecule has 0 unspecified atom stereocenters. The highest BCUT2D eigenvalue weighted by molar-refractivity contribution is 7.92. The van der Waals surface area contributed by atoms with Gasteiger partial charge in [-0.15, -0.1) is 0 Å². The summed E-state index contributed by atoms with van der Waals surface area (Å²) in [5.41, 5.74) is 1.06. The van der Waals surface area contributed by atoms with Crippen molar-refractivity contribution in [2.45, 2.75) is 16.3 Å². The molecular weight excluding hydrogens is 466 g/mol. The molecule has 1 fully saturated rings. The smallest absolute Gasteiger partial charge is 0.261 e. The summed E-state index contributed by atoms with van der Waals surface area (Å²) >= 11 is 0. The van der Waals surface area contributed by atoms with Gasteiger partial charge < -0.3 is 9.30 Å². The van der Waals surface area contributed by atoms with Gasteiger partial charge in [0.2, 0.25) is 10.0 Å². The van der Waals surface area contributed by atoms with Crippen molar-refractivity contribution >= 4 is 25.7 Å². The summed E-state index contributed by atoms with van der Waals surface area (Å²) < 4.78 is 61.5. The van der Waals surface area contributed by atoms with Crippen molar-refractivity contribution in [2.75, 3.05) is 31.0 Å². The molecule has 0 atom stereocenters. The summed E-state index contributed by atoms with van der Waals surface area (Å²) in [6.45, 7) is 1.55. The summed E-state index contributed by atoms with van der Waals surface area (Å²) in [7, 11) is -7.62. The number of benzene rings is 2. The highest BCUT2D eigenvalue weighted by atomic mass is 32.2. The lowest BCUT2D eigenvalue weighted by atomic mass is 10.2. The van der Waals surface area contributed by atoms with Gasteiger partial charge in [0.25, 0.3) is 15.6 Å². The van der Waals surface area contributed by atoms with E-state index in [0.29, 0.717) is 25.4 Å². The van der Waals surface area contributed by atoms with E-state index in [1.54, 1.807) is 47.2 Å². The van der Waals surface area contributed by atoms with Crippen molar-refractivity contribution in [1.82, 2.24) is 8.87 Å². The fraction of sp³-hybridized carbons (Fsp3) is 0.227. The van der Waals surface area contributed by atoms with Crippen LogP contribution >= 0.6 is 0 Å². The van der Waals surface area contributed by atoms with E-state index in [4.69, 9.17) is 4.74 Å². The third-order valence-corrected chi connectivity index (χ3v) is 8.51. The van der Waals surface area contributed by atoms with E-state index in [0.717, 1.165) is 5.56 Å². The zero-order valence-corrected chi connectivity index (χ0v) is 19.3. The minimum Gasteiger partial charge on any atom is -0.379 e. The van der Waals surface area contributed by atoms with Crippen LogP contribution in [0.25, 0.3) is 0 Å². The van der Waals surface area contributed by atoms with Crippen LogP contribution in [0, 0.1) is 0 Å². The number of hydrogen-bond acceptors (Lipinski definition) is 6. The second kappa shape index (κ2) is 9.48. The molecule has 174 valence electrons. The van der Waals surface area contributed by atoms with Crippen molar-refractivity contribution in [3.63, 3.8) is 0 Å². The monoisotopic (exact) mass is 489 g/mol. The number of nitrogens with zero attached hydrogens (tertiary/aromatic N) is 2. The van der Waals surface area contributed by atoms with Gasteiger partial charge in [-0.1, -0.05) is 18.2 Å². The number of sulfonamides is 2. The topological polar surface area (TPSA) is 115 Å². The predicted octanol–water partition coefficient (Wildman–Crippen LogP) is 1.72. The van der Waals surface area contributed by atoms with Gasteiger partial charge >= 0.3 is 0 Å². The first-order chi connectivity index (χ1) is 15.8. The molecule has 0 bridgehead atoms. The molecule has 9 nitrogen and oxygen atoms in total. The number of ether oxygens (including phenoxy) is 1. The Morgan fingerprint density at radius 3 is 2.09 bits per heavy atom. The fourth-order valence-electron chi connectivity index (χ4n) is 3.41. The molecule has 0 amide bonds. The minimum absolute atomic E-state index is 0.0313. The van der Waals surface area contributed by atoms with E-state index in [-0.39, 0.29) is 28.4 Å². The van der Waals surface area contributed by atoms with Crippen LogP contribution in [0.1, 0.15) is 5.56 Å². The number of pyridine rings is 1. The molecule has 0 spiro atoms. The van der Waals surface area contributed by atoms with Crippen LogP contribution in [0.3, 0.4) is 0 Å². The van der Waals surface area contributed by atoms with Gasteiger partial charge in [0.05, 0.1) is 29.5 Å². The summed E-state index contributed by atoms with van der Waals surface area (Å²) in [5.74, 6) is 0. The van der Waals surface area contributed by atoms with Crippen LogP contribution in [-0.4, -0.2) is 52.0 Å². The lowest BCUT2D eigenvalue weighted by Gasteiger charge is -2.26. The van der Waals surface area contributed by atoms with Crippen LogP contribution < -0.4 is 10.3 Å². The molecule has 2 heterocycles. The van der Waals surface area contributed by atoms with Gasteiger partial charge in [0, 0.05) is 31.0 Å². The van der Waals surface area contributed by atoms with Crippen molar-refractivity contribution < 1.29 is 21.6 Å². The Balaban J connectivity index is 1.46. The molecule has 2 aromatic carbocycles. The Morgan fingerprint density at radius 2 is 1.45 bits per heavy atom. The van der Waals surface area contributed by atoms with Crippen LogP contribution in [0.2, 0.25) is 0 Å². The highest BCUT2D eigenvalue weighted by Crippen LogP contribution is 2.21. The number of nitrogens with one attached hydrogen (secondary N) is 1. The Labute approximate surface area is 192 Å². The van der Waals surface area contributed by atoms with Gasteiger partial charge in [-0.2, -0.15) is 4.31 Å². The molecule has 33 heavy (non-hydrogen) atoms. The second-order valence-electron chi connectivity index (χ2n) is 7.46. The van der Waals surface area contributed by atoms with Crippen LogP contribution in [0.5, 0.6) is 0 Å². The Morgan fingerprint density at radius 1 is 0.818 bits per heavy atom. The predicted molar refractivity (Wildman–Crippen MR) is 123 cm³/mol. The maximum Gasteiger partial charge on any atom is 0.261 e. The summed E-state index contributed by atoms with van der Waals surface area (Å²) in [6, 6.07) is 16.7. The molecule has 1 aliphatic heterocycles. The molecule has 1 aromatic heterocycles. The fourth-order valence-corrected chi connectivity index (χ4v) is 5.87. The number of morpholine rings is 1. The molecular formula is C22H23N3O6S2. The number of rotatable bonds is 7. The average Bonchev–Trinajstić information content (AvgIpc) is 2.82. The molecule has 1 aliphatic rings. The van der Waals surface area contributed by atoms with E-state index in [2.05, 4.69) is 4.72 Å². The van der Waals surface area contributed by atoms with E-state index in [1.165, 1.54) is 34.6 Å². The third-order valence-electron chi connectivity index (χ3n) is 5.20. The second-order valence-corrected chi connectivity index (χ2v) is 11.1. The number of anilines is 1. The van der Waals surface area contributed by atoms with Crippen LogP contribution in [0.15, 0.2) is 87.5 Å². The lowest BCUT2D eigenvalue weighted by Crippen LogP contribution is -2.40. The van der Waals surface area contributed by atoms with E-state index >= 15 is 0 Å². The largest absolute Gasteiger partial charge is 0.379 e. The minimum atomic E-state index is -3.91. The van der Waals surface area contributed by atoms with E-state index < -0.39 is 20.0 Å². The number of aromatic nitrogens is 1. The van der Waals surface area contributed by atoms with Gasteiger partial charge in [-0.25, -0.2) is 16.8 Å². The van der Waals surface area contributed by atoms with Gasteiger partial charge in [0.15, 0.2) is 0 Å². The first-order valence-electron chi connectivity index (χ1n) is 10.2. The molecule has 11 heteroatoms.